The van der Waals surface area contributed by atoms with Crippen molar-refractivity contribution in [3.05, 3.63) is 58.2 Å². The maximum Gasteiger partial charge on any atom is 4.00 e. The summed E-state index contributed by atoms with van der Waals surface area (Å²) in [6.45, 7) is 12.7. The van der Waals surface area contributed by atoms with Gasteiger partial charge in [0.15, 0.2) is 0 Å². The van der Waals surface area contributed by atoms with Gasteiger partial charge in [0.25, 0.3) is 0 Å². The van der Waals surface area contributed by atoms with Crippen LogP contribution in [0.2, 0.25) is 0 Å². The van der Waals surface area contributed by atoms with E-state index in [4.69, 9.17) is 36.0 Å². The Labute approximate surface area is 311 Å². The maximum atomic E-state index is 11.4. The van der Waals surface area contributed by atoms with Gasteiger partial charge in [0.1, 0.15) is 0 Å². The minimum Gasteiger partial charge on any atom is -1.00 e. The summed E-state index contributed by atoms with van der Waals surface area (Å²) < 4.78 is 4.81. The van der Waals surface area contributed by atoms with Crippen LogP contribution >= 0.6 is 0 Å². The molecule has 2 atom stereocenters. The number of carboxylic acids is 2. The molecule has 1 aliphatic carbocycles. The van der Waals surface area contributed by atoms with Crippen molar-refractivity contribution < 1.29 is 67.9 Å². The van der Waals surface area contributed by atoms with E-state index in [1.54, 1.807) is 0 Å². The Balaban J connectivity index is -0.000000496. The molecule has 48 heavy (non-hydrogen) atoms. The van der Waals surface area contributed by atoms with Gasteiger partial charge >= 0.3 is 27.0 Å². The molecule has 0 spiro atoms. The number of carbonyl (C=O) groups excluding carboxylic acids is 3. The summed E-state index contributed by atoms with van der Waals surface area (Å²) in [5.74, 6) is -4.65. The molecule has 278 valence electrons. The van der Waals surface area contributed by atoms with E-state index in [1.165, 1.54) is 47.1 Å². The van der Waals surface area contributed by atoms with E-state index < -0.39 is 11.9 Å². The molecule has 1 rings (SSSR count). The zero-order chi connectivity index (χ0) is 35.3. The van der Waals surface area contributed by atoms with E-state index in [1.807, 2.05) is 6.92 Å². The number of hydrogen-bond donors (Lipinski definition) is 2. The van der Waals surface area contributed by atoms with E-state index >= 15 is 0 Å². The third kappa shape index (κ3) is 36.8. The van der Waals surface area contributed by atoms with Crippen LogP contribution in [0.5, 0.6) is 0 Å². The molecule has 1 aliphatic rings. The van der Waals surface area contributed by atoms with Crippen molar-refractivity contribution >= 4 is 17.9 Å². The molecule has 0 aromatic heterocycles. The first-order chi connectivity index (χ1) is 21.7. The first-order valence-electron chi connectivity index (χ1n) is 16.6. The van der Waals surface area contributed by atoms with E-state index in [0.717, 1.165) is 57.8 Å². The Morgan fingerprint density at radius 1 is 0.625 bits per heavy atom. The molecule has 0 heterocycles. The summed E-state index contributed by atoms with van der Waals surface area (Å²) in [6.07, 6.45) is 26.4. The van der Waals surface area contributed by atoms with Gasteiger partial charge in [0.2, 0.25) is 0 Å². The number of allylic oxidation sites excluding steroid dienone is 10. The first-order valence-corrected chi connectivity index (χ1v) is 16.6. The second-order valence-electron chi connectivity index (χ2n) is 12.3. The van der Waals surface area contributed by atoms with Crippen LogP contribution < -0.4 is 39.2 Å². The second-order valence-corrected chi connectivity index (χ2v) is 12.3. The molecule has 0 radical (unpaired) electrons. The topological polar surface area (TPSA) is 182 Å². The van der Waals surface area contributed by atoms with E-state index in [9.17, 15) is 9.90 Å². The molecule has 0 aromatic rings. The van der Waals surface area contributed by atoms with Crippen LogP contribution in [0.3, 0.4) is 0 Å². The molecule has 11 heteroatoms. The number of carbonyl (C=O) groups is 3. The quantitative estimate of drug-likeness (QED) is 0.0942. The summed E-state index contributed by atoms with van der Waals surface area (Å²) in [6, 6.07) is 0.562. The number of ether oxygens (including phenoxy) is 1. The van der Waals surface area contributed by atoms with Gasteiger partial charge < -0.3 is 53.5 Å². The standard InChI is InChI=1S/C29H47O3.C6H14N2.C2H2O4.ClH.Pt/c1-24(2)12-9-15-27(5)18-10-16-25(3)13-7-8-14-26(4)17-11-19-28(6)20-21-29(31)32-23-22-30;7-5-3-1-2-4-6(5)8;3-1(4)2(5)6;;/h12-14,18-19H,7-11,15-17,20-23H2,1-6H3;5-6H,1-4,7-8H2;(H,3,4)(H,5,6);1H;/q-1;;;;+4/p-3/b25-13+,26-14+,27-18+,28-19+;;;;/t;5-,6-;;;/m.1.../s1. The van der Waals surface area contributed by atoms with Crippen LogP contribution in [-0.4, -0.2) is 43.2 Å². The maximum absolute atomic E-state index is 11.4. The predicted octanol–water partition coefficient (Wildman–Crippen LogP) is 1.25. The van der Waals surface area contributed by atoms with Crippen molar-refractivity contribution in [1.82, 2.24) is 0 Å². The van der Waals surface area contributed by atoms with Gasteiger partial charge in [-0.3, -0.25) is 4.79 Å². The fourth-order valence-electron chi connectivity index (χ4n) is 4.46. The Morgan fingerprint density at radius 2 is 0.979 bits per heavy atom. The summed E-state index contributed by atoms with van der Waals surface area (Å²) in [7, 11) is 0. The molecule has 0 saturated heterocycles. The SMILES string of the molecule is CC(C)=CCC/C(C)=C/CC/C(C)=C/CC/C=C(\C)CC/C=C(\C)CCC(=O)OCC[O-].N[C@@H]1CCCC[C@H]1N.O=C([O-])C(=O)[O-].[Cl-].[Pt+4]. The van der Waals surface area contributed by atoms with E-state index in [-0.39, 0.29) is 64.7 Å². The normalized spacial score (nSPS) is 16.4. The fourth-order valence-corrected chi connectivity index (χ4v) is 4.46. The molecule has 0 amide bonds. The molecule has 1 saturated carbocycles. The molecular weight excluding hydrogens is 815 g/mol. The summed E-state index contributed by atoms with van der Waals surface area (Å²) in [5.41, 5.74) is 18.3. The van der Waals surface area contributed by atoms with Crippen LogP contribution in [0.15, 0.2) is 58.2 Å². The summed E-state index contributed by atoms with van der Waals surface area (Å²) in [5, 5.41) is 28.2. The average molecular weight is 876 g/mol. The third-order valence-electron chi connectivity index (χ3n) is 7.42. The number of halogens is 1. The van der Waals surface area contributed by atoms with Gasteiger partial charge in [-0.1, -0.05) is 71.1 Å². The largest absolute Gasteiger partial charge is 4.00 e. The van der Waals surface area contributed by atoms with Crippen molar-refractivity contribution in [2.24, 2.45) is 11.5 Å². The van der Waals surface area contributed by atoms with Crippen molar-refractivity contribution in [3.63, 3.8) is 0 Å². The van der Waals surface area contributed by atoms with Crippen LogP contribution in [0.1, 0.15) is 131 Å². The van der Waals surface area contributed by atoms with Gasteiger partial charge in [-0.15, -0.1) is 6.61 Å². The van der Waals surface area contributed by atoms with Gasteiger partial charge in [0.05, 0.1) is 18.5 Å². The number of unbranched alkanes of at least 4 members (excludes halogenated alkanes) is 1. The summed E-state index contributed by atoms with van der Waals surface area (Å²) >= 11 is 0. The first kappa shape index (κ1) is 52.8. The number of hydrogen-bond acceptors (Lipinski definition) is 9. The number of nitrogens with two attached hydrogens (primary N) is 2. The van der Waals surface area contributed by atoms with Gasteiger partial charge in [0, 0.05) is 18.5 Å². The van der Waals surface area contributed by atoms with Gasteiger partial charge in [-0.2, -0.15) is 0 Å². The minimum absolute atomic E-state index is 0. The molecule has 1 fully saturated rings. The molecule has 0 aliphatic heterocycles. The van der Waals surface area contributed by atoms with E-state index in [2.05, 4.69) is 65.0 Å². The molecule has 4 N–H and O–H groups in total. The average Bonchev–Trinajstić information content (AvgIpc) is 2.99. The second kappa shape index (κ2) is 34.8. The third-order valence-corrected chi connectivity index (χ3v) is 7.42. The van der Waals surface area contributed by atoms with Crippen LogP contribution in [-0.2, 0) is 40.2 Å². The Morgan fingerprint density at radius 3 is 1.31 bits per heavy atom. The minimum atomic E-state index is -2.19. The fraction of sp³-hybridized carbons (Fsp3) is 0.649. The molecule has 0 aromatic carbocycles. The molecule has 0 unspecified atom stereocenters. The van der Waals surface area contributed by atoms with Crippen LogP contribution in [0.4, 0.5) is 0 Å². The van der Waals surface area contributed by atoms with Crippen LogP contribution in [0.25, 0.3) is 0 Å². The van der Waals surface area contributed by atoms with E-state index in [0.29, 0.717) is 12.8 Å². The summed E-state index contributed by atoms with van der Waals surface area (Å²) in [4.78, 5) is 29.3. The number of rotatable bonds is 17. The molecular formula is C37H61ClN2O7Pt. The number of esters is 1. The van der Waals surface area contributed by atoms with Crippen molar-refractivity contribution in [2.75, 3.05) is 13.2 Å². The zero-order valence-electron chi connectivity index (χ0n) is 30.1. The predicted molar refractivity (Wildman–Crippen MR) is 181 cm³/mol. The van der Waals surface area contributed by atoms with Crippen molar-refractivity contribution in [2.45, 2.75) is 144 Å². The van der Waals surface area contributed by atoms with Gasteiger partial charge in [-0.05, 0) is 112 Å². The number of carboxylic acid groups (broad SMARTS) is 2. The molecule has 0 bridgehead atoms. The van der Waals surface area contributed by atoms with Gasteiger partial charge in [-0.25, -0.2) is 0 Å². The smallest absolute Gasteiger partial charge is 1.00 e. The van der Waals surface area contributed by atoms with Crippen molar-refractivity contribution in [3.8, 4) is 0 Å². The Hall–Kier alpha value is -2.03. The number of aliphatic carboxylic acids is 2. The van der Waals surface area contributed by atoms with Crippen molar-refractivity contribution in [1.29, 1.82) is 0 Å². The van der Waals surface area contributed by atoms with Crippen LogP contribution in [0, 0.1) is 0 Å². The zero-order valence-corrected chi connectivity index (χ0v) is 33.1. The Kier molecular flexibility index (Phi) is 38.3. The Bertz CT molecular complexity index is 1010. The monoisotopic (exact) mass is 875 g/mol. The molecule has 9 nitrogen and oxygen atoms in total.